The predicted molar refractivity (Wildman–Crippen MR) is 80.8 cm³/mol. The zero-order chi connectivity index (χ0) is 16.1. The van der Waals surface area contributed by atoms with Gasteiger partial charge < -0.3 is 14.6 Å². The summed E-state index contributed by atoms with van der Waals surface area (Å²) in [4.78, 5) is 22.6. The normalized spacial score (nSPS) is 11.2. The van der Waals surface area contributed by atoms with E-state index in [4.69, 9.17) is 14.6 Å². The molecule has 0 radical (unpaired) electrons. The number of aliphatic hydroxyl groups excluding tert-OH is 1. The Morgan fingerprint density at radius 2 is 1.33 bits per heavy atom. The Hall–Kier alpha value is -1.10. The van der Waals surface area contributed by atoms with Gasteiger partial charge >= 0.3 is 11.9 Å². The SMILES string of the molecule is CC(C)(C)COC(=O)CCCCCCCC(=O)OCCO. The van der Waals surface area contributed by atoms with Crippen LogP contribution in [0.15, 0.2) is 0 Å². The van der Waals surface area contributed by atoms with E-state index in [-0.39, 0.29) is 30.6 Å². The topological polar surface area (TPSA) is 72.8 Å². The summed E-state index contributed by atoms with van der Waals surface area (Å²) in [5.74, 6) is -0.382. The highest BCUT2D eigenvalue weighted by Crippen LogP contribution is 2.14. The minimum Gasteiger partial charge on any atom is -0.465 e. The molecular weight excluding hydrogens is 272 g/mol. The molecule has 0 aromatic heterocycles. The van der Waals surface area contributed by atoms with Crippen LogP contribution >= 0.6 is 0 Å². The third kappa shape index (κ3) is 15.1. The van der Waals surface area contributed by atoms with Gasteiger partial charge in [0.1, 0.15) is 6.61 Å². The van der Waals surface area contributed by atoms with Crippen molar-refractivity contribution in [1.29, 1.82) is 0 Å². The van der Waals surface area contributed by atoms with Crippen LogP contribution in [0.4, 0.5) is 0 Å². The van der Waals surface area contributed by atoms with Gasteiger partial charge in [0, 0.05) is 12.8 Å². The zero-order valence-corrected chi connectivity index (χ0v) is 13.7. The van der Waals surface area contributed by atoms with Crippen LogP contribution in [0.2, 0.25) is 0 Å². The molecule has 0 spiro atoms. The monoisotopic (exact) mass is 302 g/mol. The Morgan fingerprint density at radius 1 is 0.857 bits per heavy atom. The fourth-order valence-corrected chi connectivity index (χ4v) is 1.67. The average Bonchev–Trinajstić information content (AvgIpc) is 2.41. The van der Waals surface area contributed by atoms with Crippen LogP contribution < -0.4 is 0 Å². The molecule has 0 rings (SSSR count). The number of hydrogen-bond donors (Lipinski definition) is 1. The summed E-state index contributed by atoms with van der Waals surface area (Å²) < 4.78 is 9.94. The summed E-state index contributed by atoms with van der Waals surface area (Å²) in [6, 6.07) is 0. The molecule has 21 heavy (non-hydrogen) atoms. The molecule has 0 amide bonds. The van der Waals surface area contributed by atoms with Crippen molar-refractivity contribution in [2.75, 3.05) is 19.8 Å². The van der Waals surface area contributed by atoms with Crippen LogP contribution in [0.3, 0.4) is 0 Å². The minimum absolute atomic E-state index is 0.0142. The first-order valence-corrected chi connectivity index (χ1v) is 7.77. The number of hydrogen-bond acceptors (Lipinski definition) is 5. The smallest absolute Gasteiger partial charge is 0.305 e. The van der Waals surface area contributed by atoms with E-state index in [1.165, 1.54) is 0 Å². The molecule has 1 N–H and O–H groups in total. The van der Waals surface area contributed by atoms with E-state index in [0.717, 1.165) is 32.1 Å². The molecule has 0 fully saturated rings. The summed E-state index contributed by atoms with van der Waals surface area (Å²) in [7, 11) is 0. The van der Waals surface area contributed by atoms with E-state index in [0.29, 0.717) is 19.4 Å². The zero-order valence-electron chi connectivity index (χ0n) is 13.7. The van der Waals surface area contributed by atoms with Crippen LogP contribution in [0.5, 0.6) is 0 Å². The third-order valence-electron chi connectivity index (χ3n) is 2.78. The van der Waals surface area contributed by atoms with Crippen molar-refractivity contribution in [3.63, 3.8) is 0 Å². The van der Waals surface area contributed by atoms with Crippen molar-refractivity contribution in [3.8, 4) is 0 Å². The molecule has 5 heteroatoms. The molecule has 5 nitrogen and oxygen atoms in total. The Bertz CT molecular complexity index is 294. The summed E-state index contributed by atoms with van der Waals surface area (Å²) >= 11 is 0. The highest BCUT2D eigenvalue weighted by Gasteiger charge is 2.13. The van der Waals surface area contributed by atoms with Crippen molar-refractivity contribution < 1.29 is 24.2 Å². The number of ether oxygens (including phenoxy) is 2. The molecule has 0 aromatic rings. The maximum Gasteiger partial charge on any atom is 0.305 e. The van der Waals surface area contributed by atoms with Gasteiger partial charge in [-0.25, -0.2) is 0 Å². The van der Waals surface area contributed by atoms with E-state index in [1.807, 2.05) is 20.8 Å². The highest BCUT2D eigenvalue weighted by molar-refractivity contribution is 5.69. The minimum atomic E-state index is -0.255. The molecule has 124 valence electrons. The lowest BCUT2D eigenvalue weighted by atomic mass is 9.99. The van der Waals surface area contributed by atoms with E-state index in [1.54, 1.807) is 0 Å². The summed E-state index contributed by atoms with van der Waals surface area (Å²) in [6.45, 7) is 6.51. The fraction of sp³-hybridized carbons (Fsp3) is 0.875. The van der Waals surface area contributed by atoms with Crippen molar-refractivity contribution in [2.45, 2.75) is 65.7 Å². The van der Waals surface area contributed by atoms with Crippen LogP contribution in [-0.2, 0) is 19.1 Å². The second kappa shape index (κ2) is 11.5. The average molecular weight is 302 g/mol. The van der Waals surface area contributed by atoms with Gasteiger partial charge in [0.25, 0.3) is 0 Å². The molecule has 0 aliphatic rings. The van der Waals surface area contributed by atoms with Crippen molar-refractivity contribution >= 4 is 11.9 Å². The maximum atomic E-state index is 11.5. The molecular formula is C16H30O5. The number of carbonyl (C=O) groups is 2. The van der Waals surface area contributed by atoms with Crippen LogP contribution in [0, 0.1) is 5.41 Å². The van der Waals surface area contributed by atoms with Crippen molar-refractivity contribution in [2.24, 2.45) is 5.41 Å². The number of rotatable bonds is 11. The van der Waals surface area contributed by atoms with Gasteiger partial charge in [-0.3, -0.25) is 9.59 Å². The summed E-state index contributed by atoms with van der Waals surface area (Å²) in [5, 5.41) is 8.50. The van der Waals surface area contributed by atoms with Crippen molar-refractivity contribution in [3.05, 3.63) is 0 Å². The lowest BCUT2D eigenvalue weighted by Crippen LogP contribution is -2.18. The number of carbonyl (C=O) groups excluding carboxylic acids is 2. The number of aliphatic hydroxyl groups is 1. The molecule has 0 unspecified atom stereocenters. The second-order valence-corrected chi connectivity index (χ2v) is 6.43. The summed E-state index contributed by atoms with van der Waals surface area (Å²) in [6.07, 6.45) is 5.40. The van der Waals surface area contributed by atoms with Gasteiger partial charge in [-0.05, 0) is 18.3 Å². The van der Waals surface area contributed by atoms with Gasteiger partial charge in [0.15, 0.2) is 0 Å². The number of esters is 2. The Morgan fingerprint density at radius 3 is 1.81 bits per heavy atom. The standard InChI is InChI=1S/C16H30O5/c1-16(2,3)13-21-15(19)10-8-6-4-5-7-9-14(18)20-12-11-17/h17H,4-13H2,1-3H3. The fourth-order valence-electron chi connectivity index (χ4n) is 1.67. The van der Waals surface area contributed by atoms with Crippen LogP contribution in [-0.4, -0.2) is 36.9 Å². The molecule has 0 bridgehead atoms. The summed E-state index contributed by atoms with van der Waals surface area (Å²) in [5.41, 5.74) is 0.0142. The van der Waals surface area contributed by atoms with Gasteiger partial charge in [0.05, 0.1) is 13.2 Å². The maximum absolute atomic E-state index is 11.5. The second-order valence-electron chi connectivity index (χ2n) is 6.43. The first-order valence-electron chi connectivity index (χ1n) is 7.77. The van der Waals surface area contributed by atoms with Crippen LogP contribution in [0.25, 0.3) is 0 Å². The van der Waals surface area contributed by atoms with Crippen molar-refractivity contribution in [1.82, 2.24) is 0 Å². The Labute approximate surface area is 128 Å². The molecule has 0 saturated heterocycles. The molecule has 0 saturated carbocycles. The quantitative estimate of drug-likeness (QED) is 0.469. The molecule has 0 heterocycles. The van der Waals surface area contributed by atoms with E-state index in [2.05, 4.69) is 0 Å². The molecule has 0 aliphatic heterocycles. The van der Waals surface area contributed by atoms with Gasteiger partial charge in [-0.1, -0.05) is 40.0 Å². The van der Waals surface area contributed by atoms with E-state index >= 15 is 0 Å². The first kappa shape index (κ1) is 19.9. The largest absolute Gasteiger partial charge is 0.465 e. The third-order valence-corrected chi connectivity index (χ3v) is 2.78. The van der Waals surface area contributed by atoms with E-state index in [9.17, 15) is 9.59 Å². The lowest BCUT2D eigenvalue weighted by Gasteiger charge is -2.17. The lowest BCUT2D eigenvalue weighted by molar-refractivity contribution is -0.146. The Kier molecular flexibility index (Phi) is 10.9. The van der Waals surface area contributed by atoms with Gasteiger partial charge in [0.2, 0.25) is 0 Å². The highest BCUT2D eigenvalue weighted by atomic mass is 16.5. The Balaban J connectivity index is 3.36. The van der Waals surface area contributed by atoms with Crippen LogP contribution in [0.1, 0.15) is 65.7 Å². The van der Waals surface area contributed by atoms with Gasteiger partial charge in [-0.2, -0.15) is 0 Å². The first-order chi connectivity index (χ1) is 9.85. The predicted octanol–water partition coefficient (Wildman–Crippen LogP) is 2.84. The molecule has 0 aliphatic carbocycles. The molecule has 0 atom stereocenters. The van der Waals surface area contributed by atoms with Gasteiger partial charge in [-0.15, -0.1) is 0 Å². The van der Waals surface area contributed by atoms with E-state index < -0.39 is 0 Å². The molecule has 0 aromatic carbocycles. The number of unbranched alkanes of at least 4 members (excludes halogenated alkanes) is 4.